The summed E-state index contributed by atoms with van der Waals surface area (Å²) in [4.78, 5) is 10.6. The Balaban J connectivity index is 2.74. The molecule has 0 aromatic heterocycles. The van der Waals surface area contributed by atoms with E-state index in [1.54, 1.807) is 0 Å². The molecular formula is C10H16O. The van der Waals surface area contributed by atoms with Gasteiger partial charge < -0.3 is 4.79 Å². The van der Waals surface area contributed by atoms with Gasteiger partial charge in [0.05, 0.1) is 0 Å². The fraction of sp³-hybridized carbons (Fsp3) is 0.700. The lowest BCUT2D eigenvalue weighted by Gasteiger charge is -2.27. The van der Waals surface area contributed by atoms with Crippen LogP contribution in [0.2, 0.25) is 0 Å². The molecule has 1 rings (SSSR count). The van der Waals surface area contributed by atoms with Gasteiger partial charge in [0.15, 0.2) is 0 Å². The maximum absolute atomic E-state index is 10.6. The highest BCUT2D eigenvalue weighted by Crippen LogP contribution is 2.31. The third kappa shape index (κ3) is 1.70. The Morgan fingerprint density at radius 2 is 2.18 bits per heavy atom. The molecule has 3 atom stereocenters. The molecule has 0 amide bonds. The molecule has 1 aliphatic rings. The van der Waals surface area contributed by atoms with E-state index in [4.69, 9.17) is 0 Å². The van der Waals surface area contributed by atoms with Gasteiger partial charge in [-0.15, -0.1) is 0 Å². The van der Waals surface area contributed by atoms with Crippen LogP contribution < -0.4 is 0 Å². The van der Waals surface area contributed by atoms with Crippen molar-refractivity contribution < 1.29 is 4.79 Å². The smallest absolute Gasteiger partial charge is 0.123 e. The maximum atomic E-state index is 10.6. The summed E-state index contributed by atoms with van der Waals surface area (Å²) in [5.41, 5.74) is 1.44. The SMILES string of the molecule is CC1=CC(C)[C@@H](C=O)C[C@H]1C. The number of rotatable bonds is 1. The lowest BCUT2D eigenvalue weighted by atomic mass is 9.78. The maximum Gasteiger partial charge on any atom is 0.123 e. The molecule has 0 N–H and O–H groups in total. The highest BCUT2D eigenvalue weighted by atomic mass is 16.1. The van der Waals surface area contributed by atoms with Gasteiger partial charge in [0.2, 0.25) is 0 Å². The zero-order chi connectivity index (χ0) is 8.43. The Labute approximate surface area is 68.5 Å². The molecule has 0 aromatic carbocycles. The van der Waals surface area contributed by atoms with Crippen molar-refractivity contribution in [2.75, 3.05) is 0 Å². The highest BCUT2D eigenvalue weighted by molar-refractivity contribution is 5.55. The minimum atomic E-state index is 0.258. The normalized spacial score (nSPS) is 38.1. The molecular weight excluding hydrogens is 136 g/mol. The van der Waals surface area contributed by atoms with Crippen molar-refractivity contribution in [3.63, 3.8) is 0 Å². The average Bonchev–Trinajstić information content (AvgIpc) is 1.97. The molecule has 0 aromatic rings. The minimum absolute atomic E-state index is 0.258. The Morgan fingerprint density at radius 3 is 2.73 bits per heavy atom. The molecule has 1 nitrogen and oxygen atoms in total. The predicted molar refractivity (Wildman–Crippen MR) is 46.3 cm³/mol. The van der Waals surface area contributed by atoms with E-state index >= 15 is 0 Å². The summed E-state index contributed by atoms with van der Waals surface area (Å²) in [7, 11) is 0. The molecule has 0 radical (unpaired) electrons. The van der Waals surface area contributed by atoms with E-state index in [-0.39, 0.29) is 5.92 Å². The van der Waals surface area contributed by atoms with Crippen LogP contribution in [0, 0.1) is 17.8 Å². The van der Waals surface area contributed by atoms with Crippen LogP contribution in [0.15, 0.2) is 11.6 Å². The fourth-order valence-electron chi connectivity index (χ4n) is 1.69. The zero-order valence-corrected chi connectivity index (χ0v) is 7.50. The summed E-state index contributed by atoms with van der Waals surface area (Å²) in [6.45, 7) is 6.46. The van der Waals surface area contributed by atoms with E-state index in [0.29, 0.717) is 11.8 Å². The summed E-state index contributed by atoms with van der Waals surface area (Å²) in [6.07, 6.45) is 4.37. The molecule has 0 aliphatic heterocycles. The number of aldehydes is 1. The van der Waals surface area contributed by atoms with E-state index in [1.807, 2.05) is 0 Å². The van der Waals surface area contributed by atoms with Gasteiger partial charge in [-0.1, -0.05) is 25.5 Å². The van der Waals surface area contributed by atoms with Crippen molar-refractivity contribution in [3.05, 3.63) is 11.6 Å². The summed E-state index contributed by atoms with van der Waals surface area (Å²) in [6, 6.07) is 0. The second kappa shape index (κ2) is 3.21. The lowest BCUT2D eigenvalue weighted by molar-refractivity contribution is -0.112. The Hall–Kier alpha value is -0.590. The van der Waals surface area contributed by atoms with Crippen molar-refractivity contribution in [1.82, 2.24) is 0 Å². The highest BCUT2D eigenvalue weighted by Gasteiger charge is 2.23. The fourth-order valence-corrected chi connectivity index (χ4v) is 1.69. The van der Waals surface area contributed by atoms with E-state index < -0.39 is 0 Å². The monoisotopic (exact) mass is 152 g/mol. The minimum Gasteiger partial charge on any atom is -0.303 e. The van der Waals surface area contributed by atoms with Crippen LogP contribution in [0.4, 0.5) is 0 Å². The third-order valence-corrected chi connectivity index (χ3v) is 2.78. The van der Waals surface area contributed by atoms with Crippen molar-refractivity contribution in [2.24, 2.45) is 17.8 Å². The van der Waals surface area contributed by atoms with Crippen LogP contribution in [0.5, 0.6) is 0 Å². The van der Waals surface area contributed by atoms with Crippen molar-refractivity contribution in [3.8, 4) is 0 Å². The third-order valence-electron chi connectivity index (χ3n) is 2.78. The molecule has 1 aliphatic carbocycles. The largest absolute Gasteiger partial charge is 0.303 e. The van der Waals surface area contributed by atoms with Gasteiger partial charge in [-0.05, 0) is 25.2 Å². The molecule has 0 saturated heterocycles. The lowest BCUT2D eigenvalue weighted by Crippen LogP contribution is -2.20. The van der Waals surface area contributed by atoms with Crippen molar-refractivity contribution in [2.45, 2.75) is 27.2 Å². The van der Waals surface area contributed by atoms with Crippen LogP contribution in [0.1, 0.15) is 27.2 Å². The number of carbonyl (C=O) groups excluding carboxylic acids is 1. The first-order valence-corrected chi connectivity index (χ1v) is 4.28. The second-order valence-corrected chi connectivity index (χ2v) is 3.71. The van der Waals surface area contributed by atoms with Gasteiger partial charge in [-0.2, -0.15) is 0 Å². The number of allylic oxidation sites excluding steroid dienone is 2. The summed E-state index contributed by atoms with van der Waals surface area (Å²) >= 11 is 0. The first-order chi connectivity index (χ1) is 5.15. The molecule has 0 saturated carbocycles. The van der Waals surface area contributed by atoms with Gasteiger partial charge in [-0.25, -0.2) is 0 Å². The van der Waals surface area contributed by atoms with E-state index in [9.17, 15) is 4.79 Å². The number of hydrogen-bond acceptors (Lipinski definition) is 1. The van der Waals surface area contributed by atoms with Crippen LogP contribution in [-0.4, -0.2) is 6.29 Å². The first-order valence-electron chi connectivity index (χ1n) is 4.28. The van der Waals surface area contributed by atoms with E-state index in [0.717, 1.165) is 12.7 Å². The molecule has 1 unspecified atom stereocenters. The zero-order valence-electron chi connectivity index (χ0n) is 7.50. The summed E-state index contributed by atoms with van der Waals surface area (Å²) in [5, 5.41) is 0. The van der Waals surface area contributed by atoms with Crippen LogP contribution in [0.3, 0.4) is 0 Å². The molecule has 0 heterocycles. The van der Waals surface area contributed by atoms with Gasteiger partial charge in [0, 0.05) is 5.92 Å². The Bertz CT molecular complexity index is 181. The van der Waals surface area contributed by atoms with Crippen molar-refractivity contribution >= 4 is 6.29 Å². The molecule has 0 spiro atoms. The van der Waals surface area contributed by atoms with Crippen molar-refractivity contribution in [1.29, 1.82) is 0 Å². The Kier molecular flexibility index (Phi) is 2.48. The van der Waals surface area contributed by atoms with Crippen LogP contribution in [-0.2, 0) is 4.79 Å². The van der Waals surface area contributed by atoms with Gasteiger partial charge in [0.1, 0.15) is 6.29 Å². The Morgan fingerprint density at radius 1 is 1.55 bits per heavy atom. The second-order valence-electron chi connectivity index (χ2n) is 3.71. The summed E-state index contributed by atoms with van der Waals surface area (Å²) in [5.74, 6) is 1.30. The molecule has 1 heteroatoms. The standard InChI is InChI=1S/C10H16O/c1-7-4-9(3)10(6-11)5-8(7)2/h4,6,8-10H,5H2,1-3H3/t8-,9?,10-/m1/s1. The molecule has 62 valence electrons. The van der Waals surface area contributed by atoms with Gasteiger partial charge in [-0.3, -0.25) is 0 Å². The topological polar surface area (TPSA) is 17.1 Å². The molecule has 11 heavy (non-hydrogen) atoms. The number of hydrogen-bond donors (Lipinski definition) is 0. The van der Waals surface area contributed by atoms with E-state index in [2.05, 4.69) is 26.8 Å². The molecule has 0 bridgehead atoms. The van der Waals surface area contributed by atoms with Gasteiger partial charge in [0.25, 0.3) is 0 Å². The van der Waals surface area contributed by atoms with Gasteiger partial charge >= 0.3 is 0 Å². The first kappa shape index (κ1) is 8.51. The summed E-state index contributed by atoms with van der Waals surface area (Å²) < 4.78 is 0. The quantitative estimate of drug-likeness (QED) is 0.416. The van der Waals surface area contributed by atoms with Crippen LogP contribution in [0.25, 0.3) is 0 Å². The molecule has 0 fully saturated rings. The van der Waals surface area contributed by atoms with Crippen LogP contribution >= 0.6 is 0 Å². The van der Waals surface area contributed by atoms with E-state index in [1.165, 1.54) is 5.57 Å². The predicted octanol–water partition coefficient (Wildman–Crippen LogP) is 2.42. The average molecular weight is 152 g/mol. The number of carbonyl (C=O) groups is 1.